The Morgan fingerprint density at radius 3 is 2.33 bits per heavy atom. The van der Waals surface area contributed by atoms with Gasteiger partial charge in [-0.1, -0.05) is 12.1 Å². The smallest absolute Gasteiger partial charge is 0.211 e. The fourth-order valence-electron chi connectivity index (χ4n) is 1.80. The minimum Gasteiger partial charge on any atom is -0.457 e. The van der Waals surface area contributed by atoms with E-state index in [9.17, 15) is 17.6 Å². The number of carbonyl (C=O) groups is 1. The van der Waals surface area contributed by atoms with E-state index < -0.39 is 10.0 Å². The Morgan fingerprint density at radius 1 is 1.14 bits per heavy atom. The van der Waals surface area contributed by atoms with Crippen LogP contribution in [0.25, 0.3) is 0 Å². The van der Waals surface area contributed by atoms with Gasteiger partial charge in [0.15, 0.2) is 12.0 Å². The quantitative estimate of drug-likeness (QED) is 0.767. The van der Waals surface area contributed by atoms with Crippen molar-refractivity contribution in [2.75, 3.05) is 6.26 Å². The van der Waals surface area contributed by atoms with Crippen molar-refractivity contribution in [2.45, 2.75) is 13.1 Å². The van der Waals surface area contributed by atoms with Gasteiger partial charge in [0.2, 0.25) is 10.0 Å². The van der Waals surface area contributed by atoms with Crippen molar-refractivity contribution in [3.8, 4) is 0 Å². The third-order valence-corrected chi connectivity index (χ3v) is 4.07. The first-order valence-corrected chi connectivity index (χ1v) is 7.97. The fourth-order valence-corrected chi connectivity index (χ4v) is 2.55. The van der Waals surface area contributed by atoms with Crippen molar-refractivity contribution in [3.63, 3.8) is 0 Å². The molecular weight excluding hydrogens is 297 g/mol. The predicted octanol–water partition coefficient (Wildman–Crippen LogP) is 2.19. The standard InChI is InChI=1S/C14H14FNO4S/c1-21(18,19)16(8-11-2-4-12(15)5-3-11)9-13-6-7-14(10-17)20-13/h2-7,10H,8-9H2,1H3. The molecule has 0 atom stereocenters. The monoisotopic (exact) mass is 311 g/mol. The SMILES string of the molecule is CS(=O)(=O)N(Cc1ccc(F)cc1)Cc1ccc(C=O)o1. The van der Waals surface area contributed by atoms with E-state index in [0.717, 1.165) is 6.26 Å². The number of hydrogen-bond donors (Lipinski definition) is 0. The normalized spacial score (nSPS) is 11.8. The molecule has 0 saturated heterocycles. The Morgan fingerprint density at radius 2 is 1.81 bits per heavy atom. The molecule has 0 radical (unpaired) electrons. The van der Waals surface area contributed by atoms with Crippen molar-refractivity contribution >= 4 is 16.3 Å². The molecular formula is C14H14FNO4S. The van der Waals surface area contributed by atoms with Gasteiger partial charge in [-0.2, -0.15) is 4.31 Å². The molecule has 1 aromatic carbocycles. The molecule has 0 spiro atoms. The number of sulfonamides is 1. The average Bonchev–Trinajstić information content (AvgIpc) is 2.87. The van der Waals surface area contributed by atoms with Gasteiger partial charge in [0.1, 0.15) is 11.6 Å². The summed E-state index contributed by atoms with van der Waals surface area (Å²) in [5.41, 5.74) is 0.656. The molecule has 0 aliphatic carbocycles. The van der Waals surface area contributed by atoms with E-state index in [1.165, 1.54) is 34.6 Å². The van der Waals surface area contributed by atoms with E-state index in [0.29, 0.717) is 17.6 Å². The topological polar surface area (TPSA) is 67.6 Å². The summed E-state index contributed by atoms with van der Waals surface area (Å²) in [6.45, 7) is 0.0975. The first-order chi connectivity index (χ1) is 9.88. The number of halogens is 1. The lowest BCUT2D eigenvalue weighted by Gasteiger charge is -2.18. The van der Waals surface area contributed by atoms with Crippen molar-refractivity contribution < 1.29 is 22.0 Å². The Balaban J connectivity index is 2.18. The minimum absolute atomic E-state index is 0.00402. The molecule has 0 aliphatic rings. The van der Waals surface area contributed by atoms with Crippen molar-refractivity contribution in [1.82, 2.24) is 4.31 Å². The van der Waals surface area contributed by atoms with Gasteiger partial charge in [-0.15, -0.1) is 0 Å². The van der Waals surface area contributed by atoms with Crippen LogP contribution in [0.15, 0.2) is 40.8 Å². The molecule has 0 fully saturated rings. The maximum Gasteiger partial charge on any atom is 0.211 e. The zero-order chi connectivity index (χ0) is 15.5. The second-order valence-electron chi connectivity index (χ2n) is 4.58. The van der Waals surface area contributed by atoms with Crippen molar-refractivity contribution in [1.29, 1.82) is 0 Å². The van der Waals surface area contributed by atoms with Crippen LogP contribution in [0, 0.1) is 5.82 Å². The van der Waals surface area contributed by atoms with E-state index in [2.05, 4.69) is 0 Å². The lowest BCUT2D eigenvalue weighted by Crippen LogP contribution is -2.28. The average molecular weight is 311 g/mol. The van der Waals surface area contributed by atoms with Crippen LogP contribution in [-0.2, 0) is 23.1 Å². The second-order valence-corrected chi connectivity index (χ2v) is 6.56. The van der Waals surface area contributed by atoms with Crippen molar-refractivity contribution in [2.24, 2.45) is 0 Å². The molecule has 0 N–H and O–H groups in total. The first-order valence-electron chi connectivity index (χ1n) is 6.12. The van der Waals surface area contributed by atoms with Crippen LogP contribution in [0.1, 0.15) is 21.9 Å². The maximum absolute atomic E-state index is 12.9. The van der Waals surface area contributed by atoms with Crippen LogP contribution in [0.4, 0.5) is 4.39 Å². The summed E-state index contributed by atoms with van der Waals surface area (Å²) in [4.78, 5) is 10.6. The van der Waals surface area contributed by atoms with Crippen LogP contribution >= 0.6 is 0 Å². The van der Waals surface area contributed by atoms with Gasteiger partial charge < -0.3 is 4.42 Å². The Bertz CT molecular complexity index is 722. The Labute approximate surface area is 122 Å². The summed E-state index contributed by atoms with van der Waals surface area (Å²) in [6, 6.07) is 8.60. The Kier molecular flexibility index (Phi) is 4.54. The number of furan rings is 1. The number of aldehydes is 1. The zero-order valence-electron chi connectivity index (χ0n) is 11.3. The van der Waals surface area contributed by atoms with E-state index in [-0.39, 0.29) is 24.7 Å². The van der Waals surface area contributed by atoms with Gasteiger partial charge in [-0.05, 0) is 29.8 Å². The molecule has 1 aromatic heterocycles. The third-order valence-electron chi connectivity index (χ3n) is 2.87. The van der Waals surface area contributed by atoms with Gasteiger partial charge in [0, 0.05) is 6.54 Å². The highest BCUT2D eigenvalue weighted by Gasteiger charge is 2.19. The molecule has 0 unspecified atom stereocenters. The zero-order valence-corrected chi connectivity index (χ0v) is 12.1. The Hall–Kier alpha value is -1.99. The highest BCUT2D eigenvalue weighted by molar-refractivity contribution is 7.88. The highest BCUT2D eigenvalue weighted by atomic mass is 32.2. The third kappa shape index (κ3) is 4.24. The molecule has 2 rings (SSSR count). The van der Waals surface area contributed by atoms with Crippen LogP contribution in [0.2, 0.25) is 0 Å². The largest absolute Gasteiger partial charge is 0.457 e. The van der Waals surface area contributed by atoms with E-state index in [4.69, 9.17) is 4.42 Å². The van der Waals surface area contributed by atoms with Gasteiger partial charge in [-0.25, -0.2) is 12.8 Å². The molecule has 2 aromatic rings. The van der Waals surface area contributed by atoms with Crippen LogP contribution in [0.5, 0.6) is 0 Å². The summed E-state index contributed by atoms with van der Waals surface area (Å²) < 4.78 is 42.9. The van der Waals surface area contributed by atoms with Gasteiger partial charge >= 0.3 is 0 Å². The number of hydrogen-bond acceptors (Lipinski definition) is 4. The van der Waals surface area contributed by atoms with Gasteiger partial charge in [-0.3, -0.25) is 4.79 Å². The molecule has 112 valence electrons. The summed E-state index contributed by atoms with van der Waals surface area (Å²) >= 11 is 0. The summed E-state index contributed by atoms with van der Waals surface area (Å²) in [5.74, 6) is 0.121. The minimum atomic E-state index is -3.48. The molecule has 0 saturated carbocycles. The molecule has 7 heteroatoms. The van der Waals surface area contributed by atoms with Crippen LogP contribution < -0.4 is 0 Å². The molecule has 0 amide bonds. The predicted molar refractivity (Wildman–Crippen MR) is 74.6 cm³/mol. The number of rotatable bonds is 6. The van der Waals surface area contributed by atoms with E-state index >= 15 is 0 Å². The molecule has 0 aliphatic heterocycles. The van der Waals surface area contributed by atoms with Crippen molar-refractivity contribution in [3.05, 3.63) is 59.3 Å². The molecule has 1 heterocycles. The second kappa shape index (κ2) is 6.19. The molecule has 0 bridgehead atoms. The number of nitrogens with zero attached hydrogens (tertiary/aromatic N) is 1. The fraction of sp³-hybridized carbons (Fsp3) is 0.214. The molecule has 21 heavy (non-hydrogen) atoms. The molecule has 5 nitrogen and oxygen atoms in total. The number of carbonyl (C=O) groups excluding carboxylic acids is 1. The summed E-state index contributed by atoms with van der Waals surface area (Å²) in [6.07, 6.45) is 1.63. The van der Waals surface area contributed by atoms with Gasteiger partial charge in [0.25, 0.3) is 0 Å². The lowest BCUT2D eigenvalue weighted by atomic mass is 10.2. The van der Waals surface area contributed by atoms with E-state index in [1.54, 1.807) is 6.07 Å². The van der Waals surface area contributed by atoms with Gasteiger partial charge in [0.05, 0.1) is 12.8 Å². The lowest BCUT2D eigenvalue weighted by molar-refractivity contribution is 0.109. The first kappa shape index (κ1) is 15.4. The van der Waals surface area contributed by atoms with E-state index in [1.807, 2.05) is 0 Å². The maximum atomic E-state index is 12.9. The number of benzene rings is 1. The van der Waals surface area contributed by atoms with Crippen LogP contribution in [-0.4, -0.2) is 25.3 Å². The summed E-state index contributed by atoms with van der Waals surface area (Å²) in [7, 11) is -3.48. The highest BCUT2D eigenvalue weighted by Crippen LogP contribution is 2.15. The summed E-state index contributed by atoms with van der Waals surface area (Å²) in [5, 5.41) is 0. The van der Waals surface area contributed by atoms with Crippen LogP contribution in [0.3, 0.4) is 0 Å².